The van der Waals surface area contributed by atoms with Crippen molar-refractivity contribution in [3.63, 3.8) is 0 Å². The molecule has 0 aliphatic rings. The SMILES string of the molecule is CCN(Cc1cccs1)C(=O)NCC(CC(C)C)C(=O)O. The van der Waals surface area contributed by atoms with E-state index >= 15 is 0 Å². The van der Waals surface area contributed by atoms with Gasteiger partial charge >= 0.3 is 12.0 Å². The van der Waals surface area contributed by atoms with Crippen molar-refractivity contribution in [1.29, 1.82) is 0 Å². The van der Waals surface area contributed by atoms with E-state index in [0.29, 0.717) is 19.5 Å². The van der Waals surface area contributed by atoms with Crippen molar-refractivity contribution in [2.45, 2.75) is 33.7 Å². The number of amides is 2. The van der Waals surface area contributed by atoms with Gasteiger partial charge in [0.2, 0.25) is 0 Å². The third-order valence-corrected chi connectivity index (χ3v) is 4.06. The van der Waals surface area contributed by atoms with E-state index in [1.54, 1.807) is 16.2 Å². The second-order valence-electron chi connectivity index (χ2n) is 5.44. The third-order valence-electron chi connectivity index (χ3n) is 3.20. The van der Waals surface area contributed by atoms with E-state index in [1.807, 2.05) is 38.3 Å². The quantitative estimate of drug-likeness (QED) is 0.775. The van der Waals surface area contributed by atoms with Crippen LogP contribution in [0.25, 0.3) is 0 Å². The molecule has 0 fully saturated rings. The second kappa shape index (κ2) is 8.67. The minimum Gasteiger partial charge on any atom is -0.481 e. The maximum absolute atomic E-state index is 12.1. The molecule has 1 aromatic heterocycles. The Labute approximate surface area is 130 Å². The number of rotatable bonds is 8. The molecule has 0 aliphatic carbocycles. The fraction of sp³-hybridized carbons (Fsp3) is 0.600. The standard InChI is InChI=1S/C15H24N2O3S/c1-4-17(10-13-6-5-7-21-13)15(20)16-9-12(14(18)19)8-11(2)3/h5-7,11-12H,4,8-10H2,1-3H3,(H,16,20)(H,18,19). The molecule has 2 amide bonds. The van der Waals surface area contributed by atoms with Gasteiger partial charge in [0.15, 0.2) is 0 Å². The molecule has 0 saturated carbocycles. The monoisotopic (exact) mass is 312 g/mol. The van der Waals surface area contributed by atoms with Crippen LogP contribution in [0.5, 0.6) is 0 Å². The Kier molecular flexibility index (Phi) is 7.22. The Hall–Kier alpha value is -1.56. The lowest BCUT2D eigenvalue weighted by atomic mass is 9.97. The molecular weight excluding hydrogens is 288 g/mol. The molecule has 1 aromatic rings. The number of nitrogens with one attached hydrogen (secondary N) is 1. The first-order valence-corrected chi connectivity index (χ1v) is 8.10. The molecule has 1 rings (SSSR count). The number of carbonyl (C=O) groups excluding carboxylic acids is 1. The summed E-state index contributed by atoms with van der Waals surface area (Å²) in [6.07, 6.45) is 0.562. The predicted molar refractivity (Wildman–Crippen MR) is 84.4 cm³/mol. The van der Waals surface area contributed by atoms with Crippen molar-refractivity contribution in [2.24, 2.45) is 11.8 Å². The van der Waals surface area contributed by atoms with Gasteiger partial charge in [0.1, 0.15) is 0 Å². The van der Waals surface area contributed by atoms with Crippen molar-refractivity contribution in [2.75, 3.05) is 13.1 Å². The van der Waals surface area contributed by atoms with E-state index < -0.39 is 11.9 Å². The number of aliphatic carboxylic acids is 1. The first kappa shape index (κ1) is 17.5. The van der Waals surface area contributed by atoms with E-state index in [1.165, 1.54) is 0 Å². The smallest absolute Gasteiger partial charge is 0.317 e. The maximum Gasteiger partial charge on any atom is 0.317 e. The molecule has 0 aromatic carbocycles. The highest BCUT2D eigenvalue weighted by Crippen LogP contribution is 2.13. The van der Waals surface area contributed by atoms with Crippen LogP contribution < -0.4 is 5.32 Å². The normalized spacial score (nSPS) is 12.2. The lowest BCUT2D eigenvalue weighted by molar-refractivity contribution is -0.142. The van der Waals surface area contributed by atoms with Crippen LogP contribution in [0.3, 0.4) is 0 Å². The Morgan fingerprint density at radius 3 is 2.62 bits per heavy atom. The molecule has 0 aliphatic heterocycles. The van der Waals surface area contributed by atoms with Crippen molar-refractivity contribution in [3.8, 4) is 0 Å². The minimum absolute atomic E-state index is 0.174. The Morgan fingerprint density at radius 1 is 1.43 bits per heavy atom. The molecule has 5 nitrogen and oxygen atoms in total. The summed E-state index contributed by atoms with van der Waals surface area (Å²) in [6.45, 7) is 7.19. The minimum atomic E-state index is -0.856. The fourth-order valence-corrected chi connectivity index (χ4v) is 2.80. The number of urea groups is 1. The summed E-state index contributed by atoms with van der Waals surface area (Å²) in [5.74, 6) is -1.10. The number of carboxylic acids is 1. The molecule has 0 spiro atoms. The number of hydrogen-bond acceptors (Lipinski definition) is 3. The van der Waals surface area contributed by atoms with Crippen molar-refractivity contribution < 1.29 is 14.7 Å². The van der Waals surface area contributed by atoms with Crippen LogP contribution in [0.1, 0.15) is 32.1 Å². The van der Waals surface area contributed by atoms with E-state index in [0.717, 1.165) is 4.88 Å². The molecule has 0 saturated heterocycles. The van der Waals surface area contributed by atoms with Gasteiger partial charge in [-0.25, -0.2) is 4.79 Å². The summed E-state index contributed by atoms with van der Waals surface area (Å²) in [7, 11) is 0. The molecule has 6 heteroatoms. The molecule has 1 atom stereocenters. The average molecular weight is 312 g/mol. The van der Waals surface area contributed by atoms with Gasteiger partial charge in [0, 0.05) is 18.0 Å². The first-order chi connectivity index (χ1) is 9.93. The highest BCUT2D eigenvalue weighted by molar-refractivity contribution is 7.09. The zero-order chi connectivity index (χ0) is 15.8. The van der Waals surface area contributed by atoms with Gasteiger partial charge in [-0.05, 0) is 30.7 Å². The number of carbonyl (C=O) groups is 2. The van der Waals surface area contributed by atoms with Gasteiger partial charge in [-0.2, -0.15) is 0 Å². The zero-order valence-corrected chi connectivity index (χ0v) is 13.7. The van der Waals surface area contributed by atoms with E-state index in [2.05, 4.69) is 5.32 Å². The summed E-state index contributed by atoms with van der Waals surface area (Å²) in [4.78, 5) is 26.1. The van der Waals surface area contributed by atoms with Gasteiger partial charge < -0.3 is 15.3 Å². The second-order valence-corrected chi connectivity index (χ2v) is 6.48. The average Bonchev–Trinajstić information content (AvgIpc) is 2.92. The molecule has 1 heterocycles. The van der Waals surface area contributed by atoms with Gasteiger partial charge in [0.05, 0.1) is 12.5 Å². The lowest BCUT2D eigenvalue weighted by Crippen LogP contribution is -2.42. The molecule has 118 valence electrons. The van der Waals surface area contributed by atoms with Crippen LogP contribution >= 0.6 is 11.3 Å². The predicted octanol–water partition coefficient (Wildman–Crippen LogP) is 3.03. The highest BCUT2D eigenvalue weighted by Gasteiger charge is 2.21. The van der Waals surface area contributed by atoms with Gasteiger partial charge in [-0.15, -0.1) is 11.3 Å². The van der Waals surface area contributed by atoms with E-state index in [9.17, 15) is 14.7 Å². The summed E-state index contributed by atoms with van der Waals surface area (Å²) < 4.78 is 0. The summed E-state index contributed by atoms with van der Waals surface area (Å²) >= 11 is 1.61. The Balaban J connectivity index is 2.51. The van der Waals surface area contributed by atoms with Gasteiger partial charge in [-0.1, -0.05) is 19.9 Å². The Morgan fingerprint density at radius 2 is 2.14 bits per heavy atom. The van der Waals surface area contributed by atoms with E-state index in [4.69, 9.17) is 0 Å². The molecular formula is C15H24N2O3S. The number of nitrogens with zero attached hydrogens (tertiary/aromatic N) is 1. The maximum atomic E-state index is 12.1. The number of thiophene rings is 1. The lowest BCUT2D eigenvalue weighted by Gasteiger charge is -2.22. The molecule has 2 N–H and O–H groups in total. The highest BCUT2D eigenvalue weighted by atomic mass is 32.1. The summed E-state index contributed by atoms with van der Waals surface area (Å²) in [5.41, 5.74) is 0. The van der Waals surface area contributed by atoms with Crippen LogP contribution in [-0.4, -0.2) is 35.1 Å². The molecule has 21 heavy (non-hydrogen) atoms. The number of carboxylic acid groups (broad SMARTS) is 1. The largest absolute Gasteiger partial charge is 0.481 e. The Bertz CT molecular complexity index is 446. The molecule has 0 radical (unpaired) electrons. The van der Waals surface area contributed by atoms with E-state index in [-0.39, 0.29) is 18.5 Å². The number of hydrogen-bond donors (Lipinski definition) is 2. The van der Waals surface area contributed by atoms with Crippen molar-refractivity contribution in [1.82, 2.24) is 10.2 Å². The molecule has 1 unspecified atom stereocenters. The van der Waals surface area contributed by atoms with Crippen LogP contribution in [0.2, 0.25) is 0 Å². The van der Waals surface area contributed by atoms with Crippen molar-refractivity contribution >= 4 is 23.3 Å². The summed E-state index contributed by atoms with van der Waals surface area (Å²) in [6, 6.07) is 3.73. The van der Waals surface area contributed by atoms with Crippen LogP contribution in [-0.2, 0) is 11.3 Å². The van der Waals surface area contributed by atoms with Gasteiger partial charge in [0.25, 0.3) is 0 Å². The van der Waals surface area contributed by atoms with Crippen LogP contribution in [0.15, 0.2) is 17.5 Å². The van der Waals surface area contributed by atoms with Crippen molar-refractivity contribution in [3.05, 3.63) is 22.4 Å². The zero-order valence-electron chi connectivity index (χ0n) is 12.8. The fourth-order valence-electron chi connectivity index (χ4n) is 2.08. The third kappa shape index (κ3) is 6.16. The first-order valence-electron chi connectivity index (χ1n) is 7.22. The van der Waals surface area contributed by atoms with Gasteiger partial charge in [-0.3, -0.25) is 4.79 Å². The topological polar surface area (TPSA) is 69.6 Å². The van der Waals surface area contributed by atoms with Crippen LogP contribution in [0.4, 0.5) is 4.79 Å². The molecule has 0 bridgehead atoms. The summed E-state index contributed by atoms with van der Waals surface area (Å²) in [5, 5.41) is 13.9. The van der Waals surface area contributed by atoms with Crippen LogP contribution in [0, 0.1) is 11.8 Å².